The summed E-state index contributed by atoms with van der Waals surface area (Å²) in [6.07, 6.45) is 3.79. The van der Waals surface area contributed by atoms with Gasteiger partial charge in [-0.25, -0.2) is 5.90 Å². The second-order valence-corrected chi connectivity index (χ2v) is 2.97. The highest BCUT2D eigenvalue weighted by molar-refractivity contribution is 5.32. The minimum Gasteiger partial charge on any atom is -0.300 e. The summed E-state index contributed by atoms with van der Waals surface area (Å²) in [5, 5.41) is 0. The molecule has 0 saturated heterocycles. The average molecular weight is 125 g/mol. The highest BCUT2D eigenvalue weighted by Gasteiger charge is 2.51. The molecule has 2 heteroatoms. The van der Waals surface area contributed by atoms with Crippen LogP contribution in [0.1, 0.15) is 13.3 Å². The third-order valence-corrected chi connectivity index (χ3v) is 2.32. The van der Waals surface area contributed by atoms with Crippen LogP contribution in [0.5, 0.6) is 0 Å². The van der Waals surface area contributed by atoms with Crippen molar-refractivity contribution in [2.75, 3.05) is 0 Å². The molecular weight excluding hydrogens is 114 g/mol. The van der Waals surface area contributed by atoms with Crippen LogP contribution >= 0.6 is 0 Å². The lowest BCUT2D eigenvalue weighted by Crippen LogP contribution is -2.03. The summed E-state index contributed by atoms with van der Waals surface area (Å²) in [5.41, 5.74) is 1.55. The summed E-state index contributed by atoms with van der Waals surface area (Å²) in [7, 11) is 0. The van der Waals surface area contributed by atoms with Gasteiger partial charge in [0.2, 0.25) is 0 Å². The Labute approximate surface area is 54.6 Å². The highest BCUT2D eigenvalue weighted by Crippen LogP contribution is 2.51. The summed E-state index contributed by atoms with van der Waals surface area (Å²) in [6.45, 7) is 2.18. The Kier molecular flexibility index (Phi) is 0.957. The smallest absolute Gasteiger partial charge is 0.0888 e. The van der Waals surface area contributed by atoms with E-state index in [1.54, 1.807) is 5.57 Å². The maximum atomic E-state index is 5.05. The molecule has 0 aromatic heterocycles. The molecule has 0 aromatic carbocycles. The van der Waals surface area contributed by atoms with E-state index in [0.29, 0.717) is 17.9 Å². The van der Waals surface area contributed by atoms with Crippen molar-refractivity contribution in [3.63, 3.8) is 0 Å². The monoisotopic (exact) mass is 125 g/mol. The first-order valence-corrected chi connectivity index (χ1v) is 3.39. The predicted octanol–water partition coefficient (Wildman–Crippen LogP) is 0.841. The summed E-state index contributed by atoms with van der Waals surface area (Å²) < 4.78 is 0. The van der Waals surface area contributed by atoms with E-state index >= 15 is 0 Å². The lowest BCUT2D eigenvalue weighted by Gasteiger charge is -1.87. The summed E-state index contributed by atoms with van der Waals surface area (Å²) in [6, 6.07) is 0. The molecule has 2 aliphatic carbocycles. The molecule has 1 saturated carbocycles. The van der Waals surface area contributed by atoms with Crippen molar-refractivity contribution in [3.05, 3.63) is 11.6 Å². The molecule has 0 heterocycles. The molecule has 0 bridgehead atoms. The first kappa shape index (κ1) is 5.45. The van der Waals surface area contributed by atoms with Gasteiger partial charge in [-0.05, 0) is 12.3 Å². The Morgan fingerprint density at radius 1 is 1.78 bits per heavy atom. The van der Waals surface area contributed by atoms with Gasteiger partial charge in [0.05, 0.1) is 6.10 Å². The number of nitrogens with two attached hydrogens (primary N) is 1. The molecule has 0 spiro atoms. The van der Waals surface area contributed by atoms with Crippen molar-refractivity contribution in [2.45, 2.75) is 19.4 Å². The van der Waals surface area contributed by atoms with Crippen molar-refractivity contribution in [3.8, 4) is 0 Å². The van der Waals surface area contributed by atoms with Crippen LogP contribution in [0.4, 0.5) is 0 Å². The van der Waals surface area contributed by atoms with E-state index in [-0.39, 0.29) is 0 Å². The highest BCUT2D eigenvalue weighted by atomic mass is 16.6. The van der Waals surface area contributed by atoms with Gasteiger partial charge in [-0.2, -0.15) is 0 Å². The maximum Gasteiger partial charge on any atom is 0.0888 e. The zero-order chi connectivity index (χ0) is 6.43. The second-order valence-electron chi connectivity index (χ2n) is 2.97. The fourth-order valence-corrected chi connectivity index (χ4v) is 1.51. The van der Waals surface area contributed by atoms with Gasteiger partial charge in [-0.3, -0.25) is 0 Å². The molecular formula is C7H11NO. The summed E-state index contributed by atoms with van der Waals surface area (Å²) >= 11 is 0. The van der Waals surface area contributed by atoms with Gasteiger partial charge in [-0.15, -0.1) is 0 Å². The second kappa shape index (κ2) is 1.58. The van der Waals surface area contributed by atoms with Crippen LogP contribution in [-0.2, 0) is 4.84 Å². The van der Waals surface area contributed by atoms with Crippen LogP contribution in [0.3, 0.4) is 0 Å². The summed E-state index contributed by atoms with van der Waals surface area (Å²) in [5.74, 6) is 6.40. The molecule has 9 heavy (non-hydrogen) atoms. The molecule has 0 aromatic rings. The zero-order valence-corrected chi connectivity index (χ0v) is 5.50. The van der Waals surface area contributed by atoms with Crippen molar-refractivity contribution in [1.82, 2.24) is 0 Å². The Morgan fingerprint density at radius 2 is 2.44 bits per heavy atom. The minimum atomic E-state index is 0.332. The molecule has 2 nitrogen and oxygen atoms in total. The van der Waals surface area contributed by atoms with Crippen LogP contribution in [0.2, 0.25) is 0 Å². The lowest BCUT2D eigenvalue weighted by atomic mass is 10.3. The maximum absolute atomic E-state index is 5.05. The van der Waals surface area contributed by atoms with Crippen molar-refractivity contribution < 1.29 is 4.84 Å². The largest absolute Gasteiger partial charge is 0.300 e. The Morgan fingerprint density at radius 3 is 2.78 bits per heavy atom. The van der Waals surface area contributed by atoms with Gasteiger partial charge >= 0.3 is 0 Å². The molecule has 1 fully saturated rings. The lowest BCUT2D eigenvalue weighted by molar-refractivity contribution is 0.107. The third-order valence-electron chi connectivity index (χ3n) is 2.32. The van der Waals surface area contributed by atoms with Crippen LogP contribution in [0, 0.1) is 11.8 Å². The number of rotatable bonds is 2. The van der Waals surface area contributed by atoms with E-state index in [4.69, 9.17) is 10.7 Å². The van der Waals surface area contributed by atoms with Gasteiger partial charge in [0.15, 0.2) is 0 Å². The molecule has 0 amide bonds. The van der Waals surface area contributed by atoms with Crippen LogP contribution < -0.4 is 5.90 Å². The molecule has 2 N–H and O–H groups in total. The van der Waals surface area contributed by atoms with Crippen molar-refractivity contribution in [2.24, 2.45) is 17.7 Å². The molecule has 3 unspecified atom stereocenters. The SMILES string of the molecule is CC1C(ON)C1C1=CC1. The number of hydrogen-bond acceptors (Lipinski definition) is 2. The van der Waals surface area contributed by atoms with Crippen molar-refractivity contribution >= 4 is 0 Å². The predicted molar refractivity (Wildman–Crippen MR) is 34.4 cm³/mol. The Bertz CT molecular complexity index is 164. The normalized spacial score (nSPS) is 46.4. The number of allylic oxidation sites excluding steroid dienone is 1. The van der Waals surface area contributed by atoms with Gasteiger partial charge < -0.3 is 4.84 Å². The standard InChI is InChI=1S/C7H11NO/c1-4-6(5-2-3-5)7(4)9-8/h2,4,6-7H,3,8H2,1H3. The van der Waals surface area contributed by atoms with E-state index in [1.165, 1.54) is 6.42 Å². The fraction of sp³-hybridized carbons (Fsp3) is 0.714. The Balaban J connectivity index is 1.95. The fourth-order valence-electron chi connectivity index (χ4n) is 1.51. The van der Waals surface area contributed by atoms with Crippen molar-refractivity contribution in [1.29, 1.82) is 0 Å². The molecule has 2 aliphatic rings. The van der Waals surface area contributed by atoms with Crippen LogP contribution in [-0.4, -0.2) is 6.10 Å². The first-order chi connectivity index (χ1) is 4.34. The van der Waals surface area contributed by atoms with Gasteiger partial charge in [-0.1, -0.05) is 18.6 Å². The quantitative estimate of drug-likeness (QED) is 0.438. The zero-order valence-electron chi connectivity index (χ0n) is 5.50. The molecule has 0 radical (unpaired) electrons. The van der Waals surface area contributed by atoms with Gasteiger partial charge in [0, 0.05) is 5.92 Å². The van der Waals surface area contributed by atoms with E-state index in [2.05, 4.69) is 13.0 Å². The van der Waals surface area contributed by atoms with Crippen LogP contribution in [0.25, 0.3) is 0 Å². The minimum absolute atomic E-state index is 0.332. The molecule has 3 atom stereocenters. The van der Waals surface area contributed by atoms with E-state index < -0.39 is 0 Å². The summed E-state index contributed by atoms with van der Waals surface area (Å²) in [4.78, 5) is 4.75. The average Bonchev–Trinajstić information content (AvgIpc) is 2.61. The topological polar surface area (TPSA) is 35.2 Å². The Hall–Kier alpha value is -0.340. The molecule has 0 aliphatic heterocycles. The first-order valence-electron chi connectivity index (χ1n) is 3.39. The third kappa shape index (κ3) is 0.705. The number of hydrogen-bond donors (Lipinski definition) is 1. The van der Waals surface area contributed by atoms with Gasteiger partial charge in [0.25, 0.3) is 0 Å². The van der Waals surface area contributed by atoms with E-state index in [1.807, 2.05) is 0 Å². The van der Waals surface area contributed by atoms with Crippen LogP contribution in [0.15, 0.2) is 11.6 Å². The molecule has 2 rings (SSSR count). The molecule has 50 valence electrons. The van der Waals surface area contributed by atoms with E-state index in [0.717, 1.165) is 0 Å². The van der Waals surface area contributed by atoms with Gasteiger partial charge in [0.1, 0.15) is 0 Å². The van der Waals surface area contributed by atoms with E-state index in [9.17, 15) is 0 Å².